The van der Waals surface area contributed by atoms with Crippen LogP contribution >= 0.6 is 0 Å². The maximum atomic E-state index is 13.6. The number of hydrogen-bond acceptors (Lipinski definition) is 3. The zero-order chi connectivity index (χ0) is 13.8. The molecular formula is C16H17FN2O. The zero-order valence-electron chi connectivity index (χ0n) is 11.2. The van der Waals surface area contributed by atoms with Gasteiger partial charge in [-0.3, -0.25) is 0 Å². The monoisotopic (exact) mass is 272 g/mol. The van der Waals surface area contributed by atoms with Crippen molar-refractivity contribution in [2.75, 3.05) is 11.9 Å². The van der Waals surface area contributed by atoms with Gasteiger partial charge in [0.25, 0.3) is 0 Å². The summed E-state index contributed by atoms with van der Waals surface area (Å²) < 4.78 is 19.2. The van der Waals surface area contributed by atoms with Gasteiger partial charge >= 0.3 is 0 Å². The first-order chi connectivity index (χ1) is 9.81. The second-order valence-corrected chi connectivity index (χ2v) is 4.99. The molecule has 0 bridgehead atoms. The maximum absolute atomic E-state index is 13.6. The second-order valence-electron chi connectivity index (χ2n) is 4.99. The van der Waals surface area contributed by atoms with Crippen molar-refractivity contribution in [3.63, 3.8) is 0 Å². The van der Waals surface area contributed by atoms with E-state index in [1.807, 2.05) is 12.1 Å². The van der Waals surface area contributed by atoms with E-state index in [1.54, 1.807) is 24.4 Å². The molecule has 1 aliphatic rings. The van der Waals surface area contributed by atoms with Crippen LogP contribution in [0.4, 0.5) is 15.9 Å². The SMILES string of the molecule is Fc1ccccc1Nc1cc(CC2CCCO2)ccn1. The molecule has 2 heterocycles. The zero-order valence-corrected chi connectivity index (χ0v) is 11.2. The summed E-state index contributed by atoms with van der Waals surface area (Å²) in [7, 11) is 0. The number of nitrogens with one attached hydrogen (secondary N) is 1. The first-order valence-corrected chi connectivity index (χ1v) is 6.89. The van der Waals surface area contributed by atoms with Gasteiger partial charge in [-0.05, 0) is 49.1 Å². The molecule has 1 unspecified atom stereocenters. The van der Waals surface area contributed by atoms with E-state index in [-0.39, 0.29) is 5.82 Å². The fourth-order valence-corrected chi connectivity index (χ4v) is 2.44. The van der Waals surface area contributed by atoms with Gasteiger partial charge in [0.15, 0.2) is 0 Å². The van der Waals surface area contributed by atoms with Gasteiger partial charge in [0.2, 0.25) is 0 Å². The molecule has 1 aromatic carbocycles. The minimum atomic E-state index is -0.279. The largest absolute Gasteiger partial charge is 0.378 e. The molecule has 1 aromatic heterocycles. The smallest absolute Gasteiger partial charge is 0.146 e. The van der Waals surface area contributed by atoms with Gasteiger partial charge in [-0.1, -0.05) is 12.1 Å². The fraction of sp³-hybridized carbons (Fsp3) is 0.312. The van der Waals surface area contributed by atoms with E-state index in [9.17, 15) is 4.39 Å². The minimum Gasteiger partial charge on any atom is -0.378 e. The van der Waals surface area contributed by atoms with Crippen LogP contribution in [0.5, 0.6) is 0 Å². The lowest BCUT2D eigenvalue weighted by atomic mass is 10.1. The Morgan fingerprint density at radius 2 is 2.20 bits per heavy atom. The molecule has 2 aromatic rings. The third kappa shape index (κ3) is 3.14. The van der Waals surface area contributed by atoms with Crippen molar-refractivity contribution in [1.82, 2.24) is 4.98 Å². The van der Waals surface area contributed by atoms with Crippen LogP contribution in [0, 0.1) is 5.82 Å². The number of anilines is 2. The molecule has 1 saturated heterocycles. The number of pyridine rings is 1. The maximum Gasteiger partial charge on any atom is 0.146 e. The third-order valence-electron chi connectivity index (χ3n) is 3.45. The van der Waals surface area contributed by atoms with Crippen LogP contribution in [0.1, 0.15) is 18.4 Å². The Balaban J connectivity index is 1.72. The average molecular weight is 272 g/mol. The molecular weight excluding hydrogens is 255 g/mol. The molecule has 1 N–H and O–H groups in total. The molecule has 1 fully saturated rings. The molecule has 0 aliphatic carbocycles. The van der Waals surface area contributed by atoms with Gasteiger partial charge in [0.1, 0.15) is 11.6 Å². The number of halogens is 1. The summed E-state index contributed by atoms with van der Waals surface area (Å²) in [6, 6.07) is 10.5. The molecule has 0 amide bonds. The summed E-state index contributed by atoms with van der Waals surface area (Å²) in [5.74, 6) is 0.379. The summed E-state index contributed by atoms with van der Waals surface area (Å²) in [4.78, 5) is 4.23. The normalized spacial score (nSPS) is 18.1. The highest BCUT2D eigenvalue weighted by Crippen LogP contribution is 2.21. The number of aromatic nitrogens is 1. The van der Waals surface area contributed by atoms with Crippen LogP contribution in [-0.4, -0.2) is 17.7 Å². The number of nitrogens with zero attached hydrogens (tertiary/aromatic N) is 1. The highest BCUT2D eigenvalue weighted by molar-refractivity contribution is 5.57. The number of para-hydroxylation sites is 1. The Kier molecular flexibility index (Phi) is 3.92. The predicted octanol–water partition coefficient (Wildman–Crippen LogP) is 3.69. The lowest BCUT2D eigenvalue weighted by molar-refractivity contribution is 0.111. The van der Waals surface area contributed by atoms with Crippen molar-refractivity contribution >= 4 is 11.5 Å². The Morgan fingerprint density at radius 1 is 1.30 bits per heavy atom. The second kappa shape index (κ2) is 6.01. The van der Waals surface area contributed by atoms with E-state index in [1.165, 1.54) is 6.07 Å². The number of hydrogen-bond donors (Lipinski definition) is 1. The fourth-order valence-electron chi connectivity index (χ4n) is 2.44. The van der Waals surface area contributed by atoms with Crippen LogP contribution in [0.25, 0.3) is 0 Å². The molecule has 20 heavy (non-hydrogen) atoms. The molecule has 3 rings (SSSR count). The van der Waals surface area contributed by atoms with Crippen molar-refractivity contribution in [1.29, 1.82) is 0 Å². The van der Waals surface area contributed by atoms with E-state index in [4.69, 9.17) is 4.74 Å². The van der Waals surface area contributed by atoms with Crippen LogP contribution in [0.2, 0.25) is 0 Å². The van der Waals surface area contributed by atoms with Crippen molar-refractivity contribution < 1.29 is 9.13 Å². The Labute approximate surface area is 117 Å². The van der Waals surface area contributed by atoms with E-state index < -0.39 is 0 Å². The quantitative estimate of drug-likeness (QED) is 0.921. The van der Waals surface area contributed by atoms with E-state index in [2.05, 4.69) is 10.3 Å². The molecule has 0 spiro atoms. The van der Waals surface area contributed by atoms with Crippen LogP contribution < -0.4 is 5.32 Å². The van der Waals surface area contributed by atoms with Gasteiger partial charge in [-0.15, -0.1) is 0 Å². The topological polar surface area (TPSA) is 34.1 Å². The minimum absolute atomic E-state index is 0.279. The lowest BCUT2D eigenvalue weighted by Gasteiger charge is -2.11. The van der Waals surface area contributed by atoms with Crippen molar-refractivity contribution in [3.8, 4) is 0 Å². The summed E-state index contributed by atoms with van der Waals surface area (Å²) in [6.45, 7) is 0.857. The van der Waals surface area contributed by atoms with Gasteiger partial charge in [0.05, 0.1) is 11.8 Å². The molecule has 1 aliphatic heterocycles. The summed E-state index contributed by atoms with van der Waals surface area (Å²) in [6.07, 6.45) is 5.18. The Morgan fingerprint density at radius 3 is 3.00 bits per heavy atom. The Bertz CT molecular complexity index is 582. The third-order valence-corrected chi connectivity index (χ3v) is 3.45. The van der Waals surface area contributed by atoms with Gasteiger partial charge < -0.3 is 10.1 Å². The predicted molar refractivity (Wildman–Crippen MR) is 76.6 cm³/mol. The van der Waals surface area contributed by atoms with E-state index in [0.29, 0.717) is 17.6 Å². The highest BCUT2D eigenvalue weighted by atomic mass is 19.1. The number of ether oxygens (including phenoxy) is 1. The van der Waals surface area contributed by atoms with Crippen LogP contribution in [-0.2, 0) is 11.2 Å². The standard InChI is InChI=1S/C16H17FN2O/c17-14-5-1-2-6-15(14)19-16-11-12(7-8-18-16)10-13-4-3-9-20-13/h1-2,5-8,11,13H,3-4,9-10H2,(H,18,19). The lowest BCUT2D eigenvalue weighted by Crippen LogP contribution is -2.09. The van der Waals surface area contributed by atoms with Crippen LogP contribution in [0.15, 0.2) is 42.6 Å². The van der Waals surface area contributed by atoms with E-state index >= 15 is 0 Å². The van der Waals surface area contributed by atoms with Gasteiger partial charge in [-0.25, -0.2) is 9.37 Å². The Hall–Kier alpha value is -1.94. The molecule has 4 heteroatoms. The average Bonchev–Trinajstić information content (AvgIpc) is 2.95. The number of rotatable bonds is 4. The summed E-state index contributed by atoms with van der Waals surface area (Å²) in [5, 5.41) is 3.01. The first kappa shape index (κ1) is 13.1. The van der Waals surface area contributed by atoms with Crippen molar-refractivity contribution in [2.45, 2.75) is 25.4 Å². The van der Waals surface area contributed by atoms with Crippen molar-refractivity contribution in [3.05, 3.63) is 54.0 Å². The summed E-state index contributed by atoms with van der Waals surface area (Å²) >= 11 is 0. The van der Waals surface area contributed by atoms with E-state index in [0.717, 1.165) is 31.4 Å². The van der Waals surface area contributed by atoms with Crippen molar-refractivity contribution in [2.24, 2.45) is 0 Å². The molecule has 104 valence electrons. The molecule has 3 nitrogen and oxygen atoms in total. The molecule has 0 saturated carbocycles. The number of benzene rings is 1. The summed E-state index contributed by atoms with van der Waals surface area (Å²) in [5.41, 5.74) is 1.60. The van der Waals surface area contributed by atoms with Crippen LogP contribution in [0.3, 0.4) is 0 Å². The molecule has 0 radical (unpaired) electrons. The molecule has 1 atom stereocenters. The van der Waals surface area contributed by atoms with Gasteiger partial charge in [0, 0.05) is 12.8 Å². The first-order valence-electron chi connectivity index (χ1n) is 6.89. The highest BCUT2D eigenvalue weighted by Gasteiger charge is 2.16. The van der Waals surface area contributed by atoms with Gasteiger partial charge in [-0.2, -0.15) is 0 Å².